The molecule has 2 heterocycles. The zero-order valence-electron chi connectivity index (χ0n) is 11.8. The molecule has 2 saturated heterocycles. The molecule has 3 N–H and O–H groups in total. The molecular weight excluding hydrogens is 228 g/mol. The number of rotatable bonds is 3. The Morgan fingerprint density at radius 3 is 2.56 bits per heavy atom. The van der Waals surface area contributed by atoms with Crippen LogP contribution in [0.3, 0.4) is 0 Å². The van der Waals surface area contributed by atoms with Crippen molar-refractivity contribution in [3.63, 3.8) is 0 Å². The maximum Gasteiger partial charge on any atom is 0.318 e. The Hall–Kier alpha value is -0.810. The number of nitrogens with one attached hydrogen (secondary N) is 1. The van der Waals surface area contributed by atoms with E-state index in [0.29, 0.717) is 18.5 Å². The van der Waals surface area contributed by atoms with Crippen LogP contribution in [0.2, 0.25) is 0 Å². The molecule has 2 fully saturated rings. The van der Waals surface area contributed by atoms with Crippen molar-refractivity contribution in [2.24, 2.45) is 11.7 Å². The van der Waals surface area contributed by atoms with E-state index in [1.807, 2.05) is 18.7 Å². The van der Waals surface area contributed by atoms with Gasteiger partial charge in [-0.3, -0.25) is 0 Å². The molecule has 0 radical (unpaired) electrons. The number of carbonyl (C=O) groups excluding carboxylic acids is 1. The van der Waals surface area contributed by atoms with Crippen LogP contribution in [0.5, 0.6) is 0 Å². The maximum atomic E-state index is 12.0. The van der Waals surface area contributed by atoms with E-state index in [-0.39, 0.29) is 11.6 Å². The van der Waals surface area contributed by atoms with Crippen molar-refractivity contribution in [2.75, 3.05) is 33.2 Å². The monoisotopic (exact) mass is 254 g/mol. The van der Waals surface area contributed by atoms with Gasteiger partial charge in [-0.25, -0.2) is 4.79 Å². The van der Waals surface area contributed by atoms with Crippen molar-refractivity contribution >= 4 is 6.03 Å². The van der Waals surface area contributed by atoms with Crippen molar-refractivity contribution < 1.29 is 4.79 Å². The summed E-state index contributed by atoms with van der Waals surface area (Å²) in [4.78, 5) is 16.3. The van der Waals surface area contributed by atoms with Gasteiger partial charge in [0.05, 0.1) is 11.6 Å². The van der Waals surface area contributed by atoms with E-state index in [0.717, 1.165) is 19.6 Å². The number of piperidine rings is 1. The van der Waals surface area contributed by atoms with Crippen LogP contribution in [0.15, 0.2) is 0 Å². The van der Waals surface area contributed by atoms with Gasteiger partial charge in [0.1, 0.15) is 0 Å². The lowest BCUT2D eigenvalue weighted by Gasteiger charge is -2.35. The first-order chi connectivity index (χ1) is 8.44. The topological polar surface area (TPSA) is 61.6 Å². The first-order valence-electron chi connectivity index (χ1n) is 6.91. The first-order valence-corrected chi connectivity index (χ1v) is 6.91. The Morgan fingerprint density at radius 1 is 1.39 bits per heavy atom. The minimum atomic E-state index is -0.246. The van der Waals surface area contributed by atoms with Crippen LogP contribution in [0.1, 0.15) is 26.7 Å². The molecule has 0 saturated carbocycles. The Labute approximate surface area is 110 Å². The number of urea groups is 1. The Bertz CT molecular complexity index is 310. The summed E-state index contributed by atoms with van der Waals surface area (Å²) in [6, 6.07) is 0.353. The largest absolute Gasteiger partial charge is 0.333 e. The molecule has 18 heavy (non-hydrogen) atoms. The van der Waals surface area contributed by atoms with E-state index < -0.39 is 0 Å². The summed E-state index contributed by atoms with van der Waals surface area (Å²) < 4.78 is 0. The number of nitrogens with zero attached hydrogens (tertiary/aromatic N) is 2. The third kappa shape index (κ3) is 2.62. The highest BCUT2D eigenvalue weighted by Gasteiger charge is 2.40. The molecule has 2 amide bonds. The van der Waals surface area contributed by atoms with Gasteiger partial charge in [0.2, 0.25) is 0 Å². The van der Waals surface area contributed by atoms with Gasteiger partial charge in [-0.05, 0) is 52.7 Å². The summed E-state index contributed by atoms with van der Waals surface area (Å²) in [5.41, 5.74) is 5.52. The molecule has 5 nitrogen and oxygen atoms in total. The van der Waals surface area contributed by atoms with E-state index in [9.17, 15) is 4.79 Å². The van der Waals surface area contributed by atoms with Crippen LogP contribution in [0.4, 0.5) is 4.79 Å². The third-order valence-corrected chi connectivity index (χ3v) is 4.50. The minimum absolute atomic E-state index is 0.0504. The average Bonchev–Trinajstić information content (AvgIpc) is 2.73. The Kier molecular flexibility index (Phi) is 3.82. The van der Waals surface area contributed by atoms with Gasteiger partial charge in [0.25, 0.3) is 0 Å². The van der Waals surface area contributed by atoms with Gasteiger partial charge >= 0.3 is 6.03 Å². The molecule has 0 spiro atoms. The fourth-order valence-corrected chi connectivity index (χ4v) is 2.89. The summed E-state index contributed by atoms with van der Waals surface area (Å²) >= 11 is 0. The molecule has 2 rings (SSSR count). The number of carbonyl (C=O) groups is 1. The van der Waals surface area contributed by atoms with Crippen LogP contribution in [0, 0.1) is 5.92 Å². The van der Waals surface area contributed by atoms with Crippen LogP contribution >= 0.6 is 0 Å². The fraction of sp³-hybridized carbons (Fsp3) is 0.923. The molecule has 0 aromatic carbocycles. The van der Waals surface area contributed by atoms with Crippen molar-refractivity contribution in [1.29, 1.82) is 0 Å². The summed E-state index contributed by atoms with van der Waals surface area (Å²) in [6.07, 6.45) is 2.36. The first kappa shape index (κ1) is 13.6. The van der Waals surface area contributed by atoms with Gasteiger partial charge in [0, 0.05) is 13.1 Å². The summed E-state index contributed by atoms with van der Waals surface area (Å²) in [6.45, 7) is 7.64. The molecule has 5 heteroatoms. The molecule has 1 unspecified atom stereocenters. The predicted molar refractivity (Wildman–Crippen MR) is 72.4 cm³/mol. The second kappa shape index (κ2) is 5.05. The predicted octanol–water partition coefficient (Wildman–Crippen LogP) is 0.459. The van der Waals surface area contributed by atoms with Crippen LogP contribution in [-0.4, -0.2) is 60.6 Å². The van der Waals surface area contributed by atoms with Gasteiger partial charge in [0.15, 0.2) is 0 Å². The SMILES string of the molecule is CN1CCC(C2CN(C(C)(C)CN)C(=O)N2)CC1. The zero-order valence-corrected chi connectivity index (χ0v) is 11.8. The maximum absolute atomic E-state index is 12.0. The van der Waals surface area contributed by atoms with E-state index in [1.165, 1.54) is 12.8 Å². The van der Waals surface area contributed by atoms with Crippen molar-refractivity contribution in [3.8, 4) is 0 Å². The van der Waals surface area contributed by atoms with Gasteiger partial charge in [-0.2, -0.15) is 0 Å². The Morgan fingerprint density at radius 2 is 2.00 bits per heavy atom. The third-order valence-electron chi connectivity index (χ3n) is 4.50. The van der Waals surface area contributed by atoms with Crippen molar-refractivity contribution in [2.45, 2.75) is 38.3 Å². The van der Waals surface area contributed by atoms with E-state index in [4.69, 9.17) is 5.73 Å². The summed E-state index contributed by atoms with van der Waals surface area (Å²) in [5, 5.41) is 3.14. The van der Waals surface area contributed by atoms with E-state index in [1.54, 1.807) is 0 Å². The highest BCUT2D eigenvalue weighted by molar-refractivity contribution is 5.77. The summed E-state index contributed by atoms with van der Waals surface area (Å²) in [5.74, 6) is 0.615. The normalized spacial score (nSPS) is 27.7. The highest BCUT2D eigenvalue weighted by atomic mass is 16.2. The number of hydrogen-bond donors (Lipinski definition) is 2. The minimum Gasteiger partial charge on any atom is -0.333 e. The van der Waals surface area contributed by atoms with Crippen LogP contribution < -0.4 is 11.1 Å². The van der Waals surface area contributed by atoms with Gasteiger partial charge < -0.3 is 20.9 Å². The number of hydrogen-bond acceptors (Lipinski definition) is 3. The lowest BCUT2D eigenvalue weighted by Crippen LogP contribution is -2.50. The summed E-state index contributed by atoms with van der Waals surface area (Å²) in [7, 11) is 2.16. The van der Waals surface area contributed by atoms with E-state index in [2.05, 4.69) is 17.3 Å². The molecule has 104 valence electrons. The van der Waals surface area contributed by atoms with E-state index >= 15 is 0 Å². The molecule has 0 aromatic rings. The molecule has 0 aliphatic carbocycles. The lowest BCUT2D eigenvalue weighted by molar-refractivity contribution is 0.154. The highest BCUT2D eigenvalue weighted by Crippen LogP contribution is 2.26. The van der Waals surface area contributed by atoms with Crippen molar-refractivity contribution in [3.05, 3.63) is 0 Å². The standard InChI is InChI=1S/C13H26N4O/c1-13(2,9-14)17-8-11(15-12(17)18)10-4-6-16(3)7-5-10/h10-11H,4-9,14H2,1-3H3,(H,15,18). The second-order valence-corrected chi connectivity index (χ2v) is 6.32. The fourth-order valence-electron chi connectivity index (χ4n) is 2.89. The second-order valence-electron chi connectivity index (χ2n) is 6.32. The number of likely N-dealkylation sites (tertiary alicyclic amines) is 1. The molecule has 2 aliphatic rings. The number of amides is 2. The molecule has 0 bridgehead atoms. The van der Waals surface area contributed by atoms with Crippen LogP contribution in [0.25, 0.3) is 0 Å². The van der Waals surface area contributed by atoms with Crippen LogP contribution in [-0.2, 0) is 0 Å². The smallest absolute Gasteiger partial charge is 0.318 e. The number of nitrogens with two attached hydrogens (primary N) is 1. The van der Waals surface area contributed by atoms with Gasteiger partial charge in [-0.15, -0.1) is 0 Å². The molecular formula is C13H26N4O. The molecule has 1 atom stereocenters. The average molecular weight is 254 g/mol. The zero-order chi connectivity index (χ0) is 13.3. The Balaban J connectivity index is 1.96. The molecule has 2 aliphatic heterocycles. The molecule has 0 aromatic heterocycles. The van der Waals surface area contributed by atoms with Gasteiger partial charge in [-0.1, -0.05) is 0 Å². The lowest BCUT2D eigenvalue weighted by atomic mass is 9.89. The quantitative estimate of drug-likeness (QED) is 0.769. The van der Waals surface area contributed by atoms with Crippen molar-refractivity contribution in [1.82, 2.24) is 15.1 Å².